The monoisotopic (exact) mass is 713 g/mol. The highest BCUT2D eigenvalue weighted by atomic mass is 32.3. The van der Waals surface area contributed by atoms with Gasteiger partial charge in [-0.15, -0.1) is 0 Å². The van der Waals surface area contributed by atoms with Crippen molar-refractivity contribution in [2.24, 2.45) is 28.7 Å². The lowest BCUT2D eigenvalue weighted by atomic mass is 9.84. The molecule has 3 aliphatic heterocycles. The van der Waals surface area contributed by atoms with Crippen LogP contribution in [0.2, 0.25) is 0 Å². The van der Waals surface area contributed by atoms with Gasteiger partial charge in [0.25, 0.3) is 0 Å². The Morgan fingerprint density at radius 1 is 0.574 bits per heavy atom. The maximum atomic E-state index is 11.1. The fraction of sp³-hybridized carbons (Fsp3) is 1.00. The van der Waals surface area contributed by atoms with E-state index in [-0.39, 0.29) is 13.0 Å². The van der Waals surface area contributed by atoms with E-state index in [0.29, 0.717) is 0 Å². The van der Waals surface area contributed by atoms with E-state index in [1.807, 2.05) is 0 Å². The third-order valence-electron chi connectivity index (χ3n) is 8.32. The van der Waals surface area contributed by atoms with Crippen LogP contribution < -0.4 is 28.7 Å². The lowest BCUT2D eigenvalue weighted by molar-refractivity contribution is -0.310. The lowest BCUT2D eigenvalue weighted by Crippen LogP contribution is -2.68. The van der Waals surface area contributed by atoms with E-state index >= 15 is 0 Å². The van der Waals surface area contributed by atoms with Crippen molar-refractivity contribution in [2.45, 2.75) is 123 Å². The first-order valence-electron chi connectivity index (χ1n) is 14.5. The molecule has 23 nitrogen and oxygen atoms in total. The molecule has 1 saturated carbocycles. The highest BCUT2D eigenvalue weighted by molar-refractivity contribution is 7.79. The Balaban J connectivity index is 0.00000111. The molecular formula is C23H47N5O18S. The lowest BCUT2D eigenvalue weighted by Gasteiger charge is -2.47. The molecule has 278 valence electrons. The van der Waals surface area contributed by atoms with Crippen molar-refractivity contribution in [1.82, 2.24) is 0 Å². The van der Waals surface area contributed by atoms with Gasteiger partial charge in [0.05, 0.1) is 31.4 Å². The largest absolute Gasteiger partial charge is 0.394 e. The Hall–Kier alpha value is -0.890. The molecule has 0 bridgehead atoms. The quantitative estimate of drug-likeness (QED) is 0.0986. The van der Waals surface area contributed by atoms with Crippen LogP contribution in [0.5, 0.6) is 0 Å². The molecule has 2 unspecified atom stereocenters. The molecule has 0 amide bonds. The second kappa shape index (κ2) is 16.9. The zero-order valence-electron chi connectivity index (χ0n) is 24.8. The van der Waals surface area contributed by atoms with Crippen LogP contribution in [-0.4, -0.2) is 194 Å². The number of ether oxygens (including phenoxy) is 6. The predicted octanol–water partition coefficient (Wildman–Crippen LogP) is -9.51. The molecular weight excluding hydrogens is 666 g/mol. The second-order valence-electron chi connectivity index (χ2n) is 11.6. The molecule has 3 saturated heterocycles. The minimum atomic E-state index is -4.67. The predicted molar refractivity (Wildman–Crippen MR) is 151 cm³/mol. The van der Waals surface area contributed by atoms with Gasteiger partial charge in [-0.2, -0.15) is 8.42 Å². The molecule has 47 heavy (non-hydrogen) atoms. The summed E-state index contributed by atoms with van der Waals surface area (Å²) in [6, 6.07) is -4.30. The second-order valence-corrected chi connectivity index (χ2v) is 12.5. The minimum Gasteiger partial charge on any atom is -0.394 e. The van der Waals surface area contributed by atoms with Crippen LogP contribution in [0.25, 0.3) is 0 Å². The van der Waals surface area contributed by atoms with E-state index in [4.69, 9.17) is 74.6 Å². The van der Waals surface area contributed by atoms with Gasteiger partial charge in [0.15, 0.2) is 18.9 Å². The van der Waals surface area contributed by atoms with Gasteiger partial charge in [0.2, 0.25) is 0 Å². The Morgan fingerprint density at radius 3 is 1.49 bits per heavy atom. The van der Waals surface area contributed by atoms with E-state index in [0.717, 1.165) is 0 Å². The van der Waals surface area contributed by atoms with E-state index in [2.05, 4.69) is 0 Å². The molecule has 4 fully saturated rings. The van der Waals surface area contributed by atoms with Gasteiger partial charge in [-0.25, -0.2) is 0 Å². The molecule has 19 atom stereocenters. The van der Waals surface area contributed by atoms with Crippen LogP contribution in [0.4, 0.5) is 0 Å². The molecule has 0 radical (unpaired) electrons. The SMILES string of the molecule is NC[C@@H]1O[C@H](O[C@@H]2[C@@H](CO)OC(O[C@H]3C(O[C@H]4O[C@H](CO)[C@@H](O)[C@H](O)[C@H]4N)[C@@H](N)C[C@@H](N)[C@@H]3O)[C@@H]2O)[C@H](N)[C@@H](O)[C@@H]1O.O=S(=O)(O)O. The van der Waals surface area contributed by atoms with Crippen molar-refractivity contribution in [3.63, 3.8) is 0 Å². The smallest absolute Gasteiger partial charge is 0.394 e. The van der Waals surface area contributed by atoms with Crippen molar-refractivity contribution in [3.05, 3.63) is 0 Å². The third-order valence-corrected chi connectivity index (χ3v) is 8.32. The van der Waals surface area contributed by atoms with Crippen molar-refractivity contribution in [1.29, 1.82) is 0 Å². The van der Waals surface area contributed by atoms with E-state index in [1.165, 1.54) is 0 Å². The number of aliphatic hydroxyl groups excluding tert-OH is 8. The van der Waals surface area contributed by atoms with Crippen molar-refractivity contribution in [2.75, 3.05) is 19.8 Å². The summed E-state index contributed by atoms with van der Waals surface area (Å²) in [6.45, 7) is -1.49. The Bertz CT molecular complexity index is 1070. The highest BCUT2D eigenvalue weighted by Gasteiger charge is 2.54. The molecule has 0 aromatic rings. The third kappa shape index (κ3) is 9.67. The molecule has 4 rings (SSSR count). The van der Waals surface area contributed by atoms with Gasteiger partial charge >= 0.3 is 10.4 Å². The summed E-state index contributed by atoms with van der Waals surface area (Å²) < 4.78 is 66.0. The maximum Gasteiger partial charge on any atom is 0.394 e. The number of nitrogens with two attached hydrogens (primary N) is 5. The molecule has 0 aromatic carbocycles. The number of aliphatic hydroxyl groups is 8. The van der Waals surface area contributed by atoms with Gasteiger partial charge in [0, 0.05) is 18.6 Å². The van der Waals surface area contributed by atoms with Gasteiger partial charge in [-0.1, -0.05) is 0 Å². The topological polar surface area (TPSA) is 422 Å². The first-order chi connectivity index (χ1) is 21.8. The number of rotatable bonds is 9. The summed E-state index contributed by atoms with van der Waals surface area (Å²) in [6.07, 6.45) is -20.5. The zero-order valence-corrected chi connectivity index (χ0v) is 25.6. The molecule has 0 spiro atoms. The first kappa shape index (κ1) is 40.5. The van der Waals surface area contributed by atoms with Gasteiger partial charge < -0.3 is 97.9 Å². The number of hydrogen-bond donors (Lipinski definition) is 15. The van der Waals surface area contributed by atoms with Crippen molar-refractivity contribution in [3.8, 4) is 0 Å². The van der Waals surface area contributed by atoms with E-state index in [1.54, 1.807) is 0 Å². The summed E-state index contributed by atoms with van der Waals surface area (Å²) in [5.74, 6) is 0. The summed E-state index contributed by atoms with van der Waals surface area (Å²) in [5, 5.41) is 82.3. The highest BCUT2D eigenvalue weighted by Crippen LogP contribution is 2.34. The summed E-state index contributed by atoms with van der Waals surface area (Å²) >= 11 is 0. The van der Waals surface area contributed by atoms with Crippen molar-refractivity contribution < 1.29 is 86.8 Å². The summed E-state index contributed by atoms with van der Waals surface area (Å²) in [5.41, 5.74) is 29.9. The van der Waals surface area contributed by atoms with Crippen LogP contribution in [0.1, 0.15) is 6.42 Å². The molecule has 4 aliphatic rings. The molecule has 3 heterocycles. The maximum absolute atomic E-state index is 11.1. The van der Waals surface area contributed by atoms with Gasteiger partial charge in [-0.05, 0) is 6.42 Å². The molecule has 0 aromatic heterocycles. The zero-order chi connectivity index (χ0) is 35.5. The molecule has 20 N–H and O–H groups in total. The van der Waals surface area contributed by atoms with Crippen LogP contribution in [0.15, 0.2) is 0 Å². The molecule has 24 heteroatoms. The normalized spacial score (nSPS) is 49.3. The Labute approximate surface area is 268 Å². The summed E-state index contributed by atoms with van der Waals surface area (Å²) in [7, 11) is -4.67. The van der Waals surface area contributed by atoms with E-state index < -0.39 is 140 Å². The van der Waals surface area contributed by atoms with Crippen molar-refractivity contribution >= 4 is 10.4 Å². The van der Waals surface area contributed by atoms with Crippen LogP contribution in [-0.2, 0) is 38.8 Å². The fourth-order valence-electron chi connectivity index (χ4n) is 5.70. The van der Waals surface area contributed by atoms with Crippen LogP contribution in [0, 0.1) is 0 Å². The Kier molecular flexibility index (Phi) is 14.6. The van der Waals surface area contributed by atoms with E-state index in [9.17, 15) is 40.9 Å². The molecule has 1 aliphatic carbocycles. The van der Waals surface area contributed by atoms with Crippen LogP contribution >= 0.6 is 0 Å². The summed E-state index contributed by atoms with van der Waals surface area (Å²) in [4.78, 5) is 0. The average Bonchev–Trinajstić information content (AvgIpc) is 3.30. The standard InChI is InChI=1S/C23H45N5O14.H2O4S/c24-2-7-13(32)15(34)10(27)21(37-7)41-19-9(4-30)39-23(17(19)36)42-20-12(31)5(25)1-6(26)18(20)40-22-11(28)16(35)14(33)8(3-29)38-22;1-5(2,3)4/h5-23,29-36H,1-4,24-28H2;(H2,1,2,3,4)/t5-,6+,7+,8-,9-,10-,11-,12+,13-,14-,15-,16-,17-,18?,19-,20-,21-,22-,23?;/m1./s1. The van der Waals surface area contributed by atoms with Gasteiger partial charge in [0.1, 0.15) is 67.1 Å². The van der Waals surface area contributed by atoms with Gasteiger partial charge in [-0.3, -0.25) is 9.11 Å². The average molecular weight is 714 g/mol. The first-order valence-corrected chi connectivity index (χ1v) is 15.9. The minimum absolute atomic E-state index is 0.0642. The fourth-order valence-corrected chi connectivity index (χ4v) is 5.70. The van der Waals surface area contributed by atoms with Crippen LogP contribution in [0.3, 0.4) is 0 Å². The number of hydrogen-bond acceptors (Lipinski definition) is 21. The Morgan fingerprint density at radius 2 is 1.00 bits per heavy atom.